The van der Waals surface area contributed by atoms with E-state index in [4.69, 9.17) is 4.74 Å². The second-order valence-electron chi connectivity index (χ2n) is 12.7. The Morgan fingerprint density at radius 1 is 1.00 bits per heavy atom. The van der Waals surface area contributed by atoms with Crippen molar-refractivity contribution < 1.29 is 38.9 Å². The lowest BCUT2D eigenvalue weighted by Gasteiger charge is -2.28. The first-order chi connectivity index (χ1) is 21.6. The number of carbonyl (C=O) groups is 5. The summed E-state index contributed by atoms with van der Waals surface area (Å²) in [4.78, 5) is 63.7. The summed E-state index contributed by atoms with van der Waals surface area (Å²) < 4.78 is 5.64. The summed E-state index contributed by atoms with van der Waals surface area (Å²) in [5, 5.41) is 23.1. The molecule has 6 atom stereocenters. The molecular weight excluding hydrogens is 586 g/mol. The van der Waals surface area contributed by atoms with Gasteiger partial charge in [0.05, 0.1) is 17.4 Å². The van der Waals surface area contributed by atoms with E-state index in [1.165, 1.54) is 19.1 Å². The quantitative estimate of drug-likeness (QED) is 0.226. The predicted molar refractivity (Wildman–Crippen MR) is 174 cm³/mol. The standard InChI is InChI=1S/C37H45NO8/c1-20-15-23(4)33(41)24(5)17-25(6)35(46-26(7)39)21(2)9-8-10-22(3)36(43)38-31-19-32(40)29(30(16-20)34(31)42)18-27-11-13-28(14-12-27)37(44)45/h8-14,17,19-21,23-24,33,35,41H,15-16,18H2,1-7H3,(H,38,43)(H,44,45)/b9-8-,22-10+,25-17+/t20-,21-,23-,24-,33-,35+/m0/s1. The molecule has 2 aliphatic rings. The van der Waals surface area contributed by atoms with E-state index in [2.05, 4.69) is 5.32 Å². The number of carboxylic acids is 1. The lowest BCUT2D eigenvalue weighted by Crippen LogP contribution is -2.33. The maximum absolute atomic E-state index is 13.9. The van der Waals surface area contributed by atoms with Crippen molar-refractivity contribution in [2.45, 2.75) is 79.9 Å². The molecule has 0 fully saturated rings. The van der Waals surface area contributed by atoms with E-state index in [0.717, 1.165) is 11.6 Å². The number of Topliss-reactive ketones (excluding diaryl/α,β-unsaturated/α-hetero) is 1. The topological polar surface area (TPSA) is 147 Å². The Morgan fingerprint density at radius 3 is 2.26 bits per heavy atom. The molecule has 3 rings (SSSR count). The summed E-state index contributed by atoms with van der Waals surface area (Å²) in [6.45, 7) is 12.5. The summed E-state index contributed by atoms with van der Waals surface area (Å²) in [7, 11) is 0. The molecular formula is C37H45NO8. The second kappa shape index (κ2) is 15.8. The minimum Gasteiger partial charge on any atom is -0.478 e. The molecule has 1 aliphatic heterocycles. The number of fused-ring (bicyclic) bond motifs is 2. The number of ketones is 2. The number of allylic oxidation sites excluding steroid dienone is 5. The van der Waals surface area contributed by atoms with Gasteiger partial charge in [0.1, 0.15) is 6.10 Å². The van der Waals surface area contributed by atoms with Gasteiger partial charge in [0, 0.05) is 48.0 Å². The third-order valence-electron chi connectivity index (χ3n) is 8.60. The molecule has 9 heteroatoms. The molecule has 0 unspecified atom stereocenters. The van der Waals surface area contributed by atoms with Crippen LogP contribution in [0.3, 0.4) is 0 Å². The van der Waals surface area contributed by atoms with Crippen molar-refractivity contribution in [3.05, 3.63) is 93.8 Å². The lowest BCUT2D eigenvalue weighted by molar-refractivity contribution is -0.146. The van der Waals surface area contributed by atoms with Crippen LogP contribution in [0.2, 0.25) is 0 Å². The summed E-state index contributed by atoms with van der Waals surface area (Å²) in [5.74, 6) is -3.69. The number of hydrogen-bond donors (Lipinski definition) is 3. The number of carbonyl (C=O) groups excluding carboxylic acids is 4. The van der Waals surface area contributed by atoms with E-state index in [-0.39, 0.29) is 47.8 Å². The van der Waals surface area contributed by atoms with Gasteiger partial charge in [0.2, 0.25) is 5.78 Å². The minimum absolute atomic E-state index is 0.110. The normalized spacial score (nSPS) is 29.9. The average molecular weight is 632 g/mol. The van der Waals surface area contributed by atoms with E-state index >= 15 is 0 Å². The minimum atomic E-state index is -1.07. The summed E-state index contributed by atoms with van der Waals surface area (Å²) in [6.07, 6.45) is 7.75. The maximum Gasteiger partial charge on any atom is 0.335 e. The van der Waals surface area contributed by atoms with Crippen molar-refractivity contribution in [1.82, 2.24) is 5.32 Å². The molecule has 1 aromatic rings. The highest BCUT2D eigenvalue weighted by Crippen LogP contribution is 2.32. The van der Waals surface area contributed by atoms with E-state index in [1.54, 1.807) is 31.2 Å². The number of benzene rings is 1. The Hall–Kier alpha value is -4.37. The first-order valence-corrected chi connectivity index (χ1v) is 15.6. The fraction of sp³-hybridized carbons (Fsp3) is 0.432. The van der Waals surface area contributed by atoms with E-state index in [0.29, 0.717) is 28.7 Å². The van der Waals surface area contributed by atoms with Crippen LogP contribution in [0.15, 0.2) is 82.6 Å². The molecule has 1 amide bonds. The van der Waals surface area contributed by atoms with Gasteiger partial charge in [0.15, 0.2) is 5.78 Å². The zero-order valence-electron chi connectivity index (χ0n) is 27.6. The van der Waals surface area contributed by atoms with Gasteiger partial charge >= 0.3 is 11.9 Å². The number of aromatic carboxylic acids is 1. The van der Waals surface area contributed by atoms with Crippen molar-refractivity contribution in [3.8, 4) is 0 Å². The number of esters is 1. The molecule has 246 valence electrons. The van der Waals surface area contributed by atoms with Gasteiger partial charge in [-0.15, -0.1) is 0 Å². The van der Waals surface area contributed by atoms with Crippen LogP contribution in [0.4, 0.5) is 0 Å². The van der Waals surface area contributed by atoms with Crippen LogP contribution >= 0.6 is 0 Å². The van der Waals surface area contributed by atoms with Crippen LogP contribution in [0.25, 0.3) is 0 Å². The highest BCUT2D eigenvalue weighted by molar-refractivity contribution is 6.24. The summed E-state index contributed by atoms with van der Waals surface area (Å²) in [5.41, 5.74) is 2.36. The maximum atomic E-state index is 13.9. The van der Waals surface area contributed by atoms with Crippen molar-refractivity contribution in [2.24, 2.45) is 23.7 Å². The highest BCUT2D eigenvalue weighted by atomic mass is 16.5. The van der Waals surface area contributed by atoms with Crippen molar-refractivity contribution in [3.63, 3.8) is 0 Å². The van der Waals surface area contributed by atoms with Crippen molar-refractivity contribution >= 4 is 29.4 Å². The second-order valence-corrected chi connectivity index (χ2v) is 12.7. The Labute approximate surface area is 270 Å². The number of aliphatic hydroxyl groups is 1. The average Bonchev–Trinajstić information content (AvgIpc) is 2.98. The monoisotopic (exact) mass is 631 g/mol. The Bertz CT molecular complexity index is 1520. The largest absolute Gasteiger partial charge is 0.478 e. The van der Waals surface area contributed by atoms with Gasteiger partial charge in [-0.25, -0.2) is 4.79 Å². The highest BCUT2D eigenvalue weighted by Gasteiger charge is 2.32. The molecule has 9 nitrogen and oxygen atoms in total. The third-order valence-corrected chi connectivity index (χ3v) is 8.60. The number of hydrogen-bond acceptors (Lipinski definition) is 7. The first kappa shape index (κ1) is 36.1. The number of nitrogens with one attached hydrogen (secondary N) is 1. The van der Waals surface area contributed by atoms with Crippen LogP contribution in [0.5, 0.6) is 0 Å². The zero-order valence-corrected chi connectivity index (χ0v) is 27.6. The first-order valence-electron chi connectivity index (χ1n) is 15.6. The zero-order chi connectivity index (χ0) is 34.3. The van der Waals surface area contributed by atoms with Gasteiger partial charge < -0.3 is 20.3 Å². The van der Waals surface area contributed by atoms with Crippen LogP contribution < -0.4 is 5.32 Å². The van der Waals surface area contributed by atoms with Crippen LogP contribution in [-0.4, -0.2) is 51.8 Å². The molecule has 0 saturated heterocycles. The molecule has 0 radical (unpaired) electrons. The lowest BCUT2D eigenvalue weighted by atomic mass is 9.80. The molecule has 3 N–H and O–H groups in total. The fourth-order valence-corrected chi connectivity index (χ4v) is 6.10. The van der Waals surface area contributed by atoms with Crippen molar-refractivity contribution in [2.75, 3.05) is 0 Å². The van der Waals surface area contributed by atoms with Crippen LogP contribution in [-0.2, 0) is 30.3 Å². The van der Waals surface area contributed by atoms with Gasteiger partial charge in [0.25, 0.3) is 5.91 Å². The molecule has 1 heterocycles. The van der Waals surface area contributed by atoms with Crippen LogP contribution in [0.1, 0.15) is 77.2 Å². The molecule has 1 aromatic carbocycles. The van der Waals surface area contributed by atoms with E-state index in [9.17, 15) is 34.2 Å². The Balaban J connectivity index is 2.05. The van der Waals surface area contributed by atoms with Gasteiger partial charge in [-0.05, 0) is 61.8 Å². The summed E-state index contributed by atoms with van der Waals surface area (Å²) >= 11 is 0. The van der Waals surface area contributed by atoms with Gasteiger partial charge in [-0.1, -0.05) is 64.1 Å². The SMILES string of the molecule is CC(=O)O[C@H]1/C(C)=C/[C@H](C)[C@@H](O)[C@@H](C)C[C@H](C)CC2=C(Cc3ccc(C(=O)O)cc3)C(=O)C=C(NC(=O)/C(C)=C/C=C\[C@@H]1C)C2=O. The number of carboxylic acid groups (broad SMARTS) is 1. The van der Waals surface area contributed by atoms with Crippen LogP contribution in [0, 0.1) is 23.7 Å². The molecule has 46 heavy (non-hydrogen) atoms. The van der Waals surface area contributed by atoms with Crippen molar-refractivity contribution in [1.29, 1.82) is 0 Å². The Morgan fingerprint density at radius 2 is 1.65 bits per heavy atom. The number of ether oxygens (including phenoxy) is 1. The third kappa shape index (κ3) is 9.33. The van der Waals surface area contributed by atoms with Gasteiger partial charge in [-0.3, -0.25) is 19.2 Å². The van der Waals surface area contributed by atoms with Gasteiger partial charge in [-0.2, -0.15) is 0 Å². The number of amides is 1. The predicted octanol–water partition coefficient (Wildman–Crippen LogP) is 5.46. The molecule has 0 aromatic heterocycles. The number of aliphatic hydroxyl groups excluding tert-OH is 1. The fourth-order valence-electron chi connectivity index (χ4n) is 6.10. The number of rotatable bonds is 4. The Kier molecular flexibility index (Phi) is 12.4. The molecule has 1 aliphatic carbocycles. The molecule has 0 saturated carbocycles. The van der Waals surface area contributed by atoms with E-state index < -0.39 is 41.6 Å². The molecule has 2 bridgehead atoms. The molecule has 0 spiro atoms. The summed E-state index contributed by atoms with van der Waals surface area (Å²) in [6, 6.07) is 6.14. The smallest absolute Gasteiger partial charge is 0.335 e. The van der Waals surface area contributed by atoms with E-state index in [1.807, 2.05) is 46.8 Å².